The molecule has 4 rings (SSSR count). The first-order valence-corrected chi connectivity index (χ1v) is 12.9. The molecule has 3 aromatic rings. The topological polar surface area (TPSA) is 58.9 Å². The Hall–Kier alpha value is -2.49. The summed E-state index contributed by atoms with van der Waals surface area (Å²) in [5, 5.41) is 5.29. The van der Waals surface area contributed by atoms with Crippen molar-refractivity contribution in [3.8, 4) is 11.3 Å². The number of ether oxygens (including phenoxy) is 1. The minimum Gasteiger partial charge on any atom is -0.378 e. The van der Waals surface area contributed by atoms with E-state index in [4.69, 9.17) is 9.73 Å². The van der Waals surface area contributed by atoms with Crippen molar-refractivity contribution in [2.24, 2.45) is 4.99 Å². The lowest BCUT2D eigenvalue weighted by molar-refractivity contribution is -0.118. The number of carbonyl (C=O) groups excluding carboxylic acids is 1. The zero-order chi connectivity index (χ0) is 23.0. The minimum absolute atomic E-state index is 0.0273. The fraction of sp³-hybridized carbons (Fsp3) is 0.333. The van der Waals surface area contributed by atoms with Gasteiger partial charge in [0.1, 0.15) is 5.82 Å². The fourth-order valence-corrected chi connectivity index (χ4v) is 4.82. The van der Waals surface area contributed by atoms with Crippen LogP contribution >= 0.6 is 27.3 Å². The zero-order valence-electron chi connectivity index (χ0n) is 18.2. The molecule has 33 heavy (non-hydrogen) atoms. The summed E-state index contributed by atoms with van der Waals surface area (Å²) in [6.45, 7) is 4.60. The Balaban J connectivity index is 1.60. The maximum absolute atomic E-state index is 13.3. The number of aromatic nitrogens is 1. The second-order valence-electron chi connectivity index (χ2n) is 7.63. The summed E-state index contributed by atoms with van der Waals surface area (Å²) in [4.78, 5) is 19.4. The number of morpholine rings is 1. The van der Waals surface area contributed by atoms with Crippen LogP contribution in [-0.2, 0) is 16.1 Å². The van der Waals surface area contributed by atoms with Gasteiger partial charge in [-0.3, -0.25) is 4.79 Å². The molecule has 1 aliphatic heterocycles. The number of amides is 1. The molecule has 2 aromatic carbocycles. The van der Waals surface area contributed by atoms with Gasteiger partial charge >= 0.3 is 0 Å². The van der Waals surface area contributed by atoms with Crippen LogP contribution in [0.1, 0.15) is 6.42 Å². The van der Waals surface area contributed by atoms with E-state index >= 15 is 0 Å². The normalized spacial score (nSPS) is 14.5. The molecule has 0 atom stereocenters. The number of nitrogens with one attached hydrogen (secondary N) is 1. The number of halogens is 2. The van der Waals surface area contributed by atoms with Crippen LogP contribution in [0, 0.1) is 5.82 Å². The largest absolute Gasteiger partial charge is 0.378 e. The van der Waals surface area contributed by atoms with Gasteiger partial charge in [0.15, 0.2) is 4.80 Å². The highest BCUT2D eigenvalue weighted by Gasteiger charge is 2.13. The number of hydrogen-bond donors (Lipinski definition) is 1. The average molecular weight is 533 g/mol. The number of benzene rings is 2. The summed E-state index contributed by atoms with van der Waals surface area (Å²) < 4.78 is 20.9. The molecule has 6 nitrogen and oxygen atoms in total. The van der Waals surface area contributed by atoms with E-state index in [2.05, 4.69) is 60.4 Å². The Kier molecular flexibility index (Phi) is 8.30. The molecule has 174 valence electrons. The Labute approximate surface area is 204 Å². The van der Waals surface area contributed by atoms with Gasteiger partial charge in [0.05, 0.1) is 29.9 Å². The average Bonchev–Trinajstić information content (AvgIpc) is 3.26. The Bertz CT molecular complexity index is 1120. The Morgan fingerprint density at radius 2 is 1.85 bits per heavy atom. The van der Waals surface area contributed by atoms with Crippen molar-refractivity contribution in [1.29, 1.82) is 0 Å². The van der Waals surface area contributed by atoms with Crippen LogP contribution in [0.2, 0.25) is 0 Å². The van der Waals surface area contributed by atoms with E-state index in [1.54, 1.807) is 23.5 Å². The number of nitrogens with zero attached hydrogens (tertiary/aromatic N) is 3. The predicted octanol–water partition coefficient (Wildman–Crippen LogP) is 4.33. The van der Waals surface area contributed by atoms with E-state index < -0.39 is 0 Å². The summed E-state index contributed by atoms with van der Waals surface area (Å²) in [6.07, 6.45) is 0.769. The van der Waals surface area contributed by atoms with Crippen molar-refractivity contribution in [2.45, 2.75) is 13.0 Å². The van der Waals surface area contributed by atoms with Crippen molar-refractivity contribution >= 4 is 44.5 Å². The summed E-state index contributed by atoms with van der Waals surface area (Å²) in [5.41, 5.74) is 4.07. The first-order valence-electron chi connectivity index (χ1n) is 10.9. The quantitative estimate of drug-likeness (QED) is 0.347. The SMILES string of the molecule is O=C(CBr)NCCCn1c(-c2ccc(N3CCOCC3)cc2)cs/c1=N/c1ccc(F)cc1. The number of hydrogen-bond acceptors (Lipinski definition) is 5. The van der Waals surface area contributed by atoms with E-state index in [0.29, 0.717) is 24.1 Å². The summed E-state index contributed by atoms with van der Waals surface area (Å²) in [5.74, 6) is -0.308. The molecule has 0 unspecified atom stereocenters. The number of rotatable bonds is 8. The molecule has 9 heteroatoms. The lowest BCUT2D eigenvalue weighted by Crippen LogP contribution is -2.36. The van der Waals surface area contributed by atoms with Crippen molar-refractivity contribution in [2.75, 3.05) is 43.1 Å². The van der Waals surface area contributed by atoms with Gasteiger partial charge in [-0.1, -0.05) is 28.1 Å². The highest BCUT2D eigenvalue weighted by molar-refractivity contribution is 9.09. The molecule has 1 fully saturated rings. The van der Waals surface area contributed by atoms with Gasteiger partial charge in [-0.2, -0.15) is 0 Å². The lowest BCUT2D eigenvalue weighted by Gasteiger charge is -2.28. The van der Waals surface area contributed by atoms with Gasteiger partial charge < -0.3 is 19.5 Å². The smallest absolute Gasteiger partial charge is 0.230 e. The third kappa shape index (κ3) is 6.31. The maximum atomic E-state index is 13.3. The molecule has 0 saturated carbocycles. The van der Waals surface area contributed by atoms with Gasteiger partial charge in [-0.15, -0.1) is 11.3 Å². The van der Waals surface area contributed by atoms with Crippen LogP contribution in [-0.4, -0.2) is 48.7 Å². The van der Waals surface area contributed by atoms with Crippen molar-refractivity contribution in [3.05, 3.63) is 64.5 Å². The second-order valence-corrected chi connectivity index (χ2v) is 9.02. The molecule has 1 saturated heterocycles. The second kappa shape index (κ2) is 11.6. The standard InChI is InChI=1S/C24H26BrFN4O2S/c25-16-23(31)27-10-1-11-30-22(17-33-24(30)28-20-6-4-19(26)5-7-20)18-2-8-21(9-3-18)29-12-14-32-15-13-29/h2-9,17H,1,10-16H2,(H,27,31)/b28-24+. The fourth-order valence-electron chi connectivity index (χ4n) is 3.67. The third-order valence-electron chi connectivity index (χ3n) is 5.39. The van der Waals surface area contributed by atoms with Gasteiger partial charge in [-0.25, -0.2) is 9.38 Å². The predicted molar refractivity (Wildman–Crippen MR) is 134 cm³/mol. The molecule has 0 bridgehead atoms. The first-order chi connectivity index (χ1) is 16.1. The van der Waals surface area contributed by atoms with Crippen LogP contribution in [0.4, 0.5) is 15.8 Å². The van der Waals surface area contributed by atoms with E-state index in [1.165, 1.54) is 17.8 Å². The van der Waals surface area contributed by atoms with Crippen LogP contribution in [0.5, 0.6) is 0 Å². The number of carbonyl (C=O) groups is 1. The maximum Gasteiger partial charge on any atom is 0.230 e. The number of alkyl halides is 1. The van der Waals surface area contributed by atoms with Crippen molar-refractivity contribution in [3.63, 3.8) is 0 Å². The summed E-state index contributed by atoms with van der Waals surface area (Å²) in [7, 11) is 0. The molecule has 0 spiro atoms. The number of thiazole rings is 1. The van der Waals surface area contributed by atoms with Crippen LogP contribution in [0.15, 0.2) is 58.9 Å². The molecule has 1 N–H and O–H groups in total. The molecule has 1 aliphatic rings. The van der Waals surface area contributed by atoms with E-state index in [9.17, 15) is 9.18 Å². The highest BCUT2D eigenvalue weighted by Crippen LogP contribution is 2.25. The Morgan fingerprint density at radius 3 is 2.55 bits per heavy atom. The minimum atomic E-state index is -0.281. The van der Waals surface area contributed by atoms with Crippen molar-refractivity contribution in [1.82, 2.24) is 9.88 Å². The van der Waals surface area contributed by atoms with Crippen LogP contribution in [0.25, 0.3) is 11.3 Å². The highest BCUT2D eigenvalue weighted by atomic mass is 79.9. The monoisotopic (exact) mass is 532 g/mol. The van der Waals surface area contributed by atoms with E-state index in [1.807, 2.05) is 0 Å². The van der Waals surface area contributed by atoms with Gasteiger partial charge in [0.25, 0.3) is 0 Å². The molecule has 1 aromatic heterocycles. The molecule has 1 amide bonds. The molecule has 0 aliphatic carbocycles. The summed E-state index contributed by atoms with van der Waals surface area (Å²) >= 11 is 4.72. The Morgan fingerprint density at radius 1 is 1.12 bits per heavy atom. The first kappa shape index (κ1) is 23.7. The third-order valence-corrected chi connectivity index (χ3v) is 6.76. The zero-order valence-corrected chi connectivity index (χ0v) is 20.6. The van der Waals surface area contributed by atoms with E-state index in [0.717, 1.165) is 48.8 Å². The van der Waals surface area contributed by atoms with Gasteiger partial charge in [0, 0.05) is 37.2 Å². The van der Waals surface area contributed by atoms with Gasteiger partial charge in [-0.05, 0) is 48.4 Å². The molecule has 2 heterocycles. The summed E-state index contributed by atoms with van der Waals surface area (Å²) in [6, 6.07) is 14.7. The van der Waals surface area contributed by atoms with Crippen LogP contribution in [0.3, 0.4) is 0 Å². The number of anilines is 1. The van der Waals surface area contributed by atoms with Gasteiger partial charge in [0.2, 0.25) is 5.91 Å². The van der Waals surface area contributed by atoms with E-state index in [-0.39, 0.29) is 11.7 Å². The molecular weight excluding hydrogens is 507 g/mol. The molecule has 0 radical (unpaired) electrons. The lowest BCUT2D eigenvalue weighted by atomic mass is 10.1. The van der Waals surface area contributed by atoms with Crippen molar-refractivity contribution < 1.29 is 13.9 Å². The molecular formula is C24H26BrFN4O2S. The van der Waals surface area contributed by atoms with Crippen LogP contribution < -0.4 is 15.0 Å².